The molecular formula is C17H23F3O3. The van der Waals surface area contributed by atoms with Crippen molar-refractivity contribution in [3.63, 3.8) is 0 Å². The van der Waals surface area contributed by atoms with E-state index >= 15 is 0 Å². The van der Waals surface area contributed by atoms with E-state index in [0.717, 1.165) is 5.56 Å². The first-order valence-electron chi connectivity index (χ1n) is 7.71. The van der Waals surface area contributed by atoms with Crippen LogP contribution in [0.3, 0.4) is 0 Å². The van der Waals surface area contributed by atoms with Gasteiger partial charge in [-0.1, -0.05) is 39.3 Å². The van der Waals surface area contributed by atoms with E-state index in [1.165, 1.54) is 12.1 Å². The third kappa shape index (κ3) is 6.60. The van der Waals surface area contributed by atoms with Crippen molar-refractivity contribution in [2.75, 3.05) is 0 Å². The SMILES string of the molecule is CCCC(C[C@@H](c1ccc(C(=O)O)cc1)C(C)C)OC(F)(F)F. The lowest BCUT2D eigenvalue weighted by Gasteiger charge is -2.27. The molecule has 1 unspecified atom stereocenters. The lowest BCUT2D eigenvalue weighted by atomic mass is 9.83. The largest absolute Gasteiger partial charge is 0.522 e. The van der Waals surface area contributed by atoms with Gasteiger partial charge < -0.3 is 5.11 Å². The Morgan fingerprint density at radius 3 is 2.17 bits per heavy atom. The van der Waals surface area contributed by atoms with E-state index in [1.54, 1.807) is 12.1 Å². The van der Waals surface area contributed by atoms with Gasteiger partial charge in [-0.2, -0.15) is 0 Å². The maximum Gasteiger partial charge on any atom is 0.522 e. The van der Waals surface area contributed by atoms with Crippen molar-refractivity contribution >= 4 is 5.97 Å². The number of aromatic carboxylic acids is 1. The van der Waals surface area contributed by atoms with Crippen LogP contribution in [0.2, 0.25) is 0 Å². The number of carboxylic acids is 1. The van der Waals surface area contributed by atoms with Crippen molar-refractivity contribution in [1.82, 2.24) is 0 Å². The van der Waals surface area contributed by atoms with Crippen LogP contribution in [-0.2, 0) is 4.74 Å². The van der Waals surface area contributed by atoms with E-state index < -0.39 is 18.4 Å². The normalized spacial score (nSPS) is 14.7. The predicted molar refractivity (Wildman–Crippen MR) is 81.4 cm³/mol. The first-order chi connectivity index (χ1) is 10.6. The quantitative estimate of drug-likeness (QED) is 0.710. The summed E-state index contributed by atoms with van der Waals surface area (Å²) >= 11 is 0. The van der Waals surface area contributed by atoms with Gasteiger partial charge in [-0.15, -0.1) is 13.2 Å². The Balaban J connectivity index is 2.93. The lowest BCUT2D eigenvalue weighted by Crippen LogP contribution is -2.27. The second-order valence-corrected chi connectivity index (χ2v) is 5.99. The van der Waals surface area contributed by atoms with Crippen LogP contribution in [0.4, 0.5) is 13.2 Å². The van der Waals surface area contributed by atoms with Crippen molar-refractivity contribution in [3.8, 4) is 0 Å². The number of halogens is 3. The molecule has 0 spiro atoms. The zero-order valence-electron chi connectivity index (χ0n) is 13.6. The third-order valence-corrected chi connectivity index (χ3v) is 3.82. The third-order valence-electron chi connectivity index (χ3n) is 3.82. The maximum absolute atomic E-state index is 12.5. The molecule has 1 aromatic rings. The Bertz CT molecular complexity index is 495. The highest BCUT2D eigenvalue weighted by Crippen LogP contribution is 2.33. The zero-order valence-corrected chi connectivity index (χ0v) is 13.6. The Morgan fingerprint density at radius 1 is 1.22 bits per heavy atom. The summed E-state index contributed by atoms with van der Waals surface area (Å²) in [5, 5.41) is 8.92. The van der Waals surface area contributed by atoms with E-state index in [1.807, 2.05) is 20.8 Å². The van der Waals surface area contributed by atoms with E-state index in [2.05, 4.69) is 4.74 Å². The average Bonchev–Trinajstić information content (AvgIpc) is 2.43. The molecule has 1 rings (SSSR count). The van der Waals surface area contributed by atoms with Gasteiger partial charge in [0.1, 0.15) is 0 Å². The van der Waals surface area contributed by atoms with E-state index in [4.69, 9.17) is 5.11 Å². The van der Waals surface area contributed by atoms with Crippen LogP contribution in [0.25, 0.3) is 0 Å². The molecule has 0 radical (unpaired) electrons. The molecule has 2 atom stereocenters. The molecule has 0 aliphatic heterocycles. The van der Waals surface area contributed by atoms with Crippen molar-refractivity contribution in [1.29, 1.82) is 0 Å². The Morgan fingerprint density at radius 2 is 1.78 bits per heavy atom. The molecule has 0 amide bonds. The zero-order chi connectivity index (χ0) is 17.6. The molecule has 23 heavy (non-hydrogen) atoms. The summed E-state index contributed by atoms with van der Waals surface area (Å²) in [6, 6.07) is 6.30. The molecule has 0 fully saturated rings. The van der Waals surface area contributed by atoms with Gasteiger partial charge in [0, 0.05) is 0 Å². The summed E-state index contributed by atoms with van der Waals surface area (Å²) in [6.07, 6.45) is -4.36. The van der Waals surface area contributed by atoms with Gasteiger partial charge in [-0.3, -0.25) is 4.74 Å². The van der Waals surface area contributed by atoms with E-state index in [9.17, 15) is 18.0 Å². The van der Waals surface area contributed by atoms with E-state index in [-0.39, 0.29) is 23.8 Å². The monoisotopic (exact) mass is 332 g/mol. The molecule has 3 nitrogen and oxygen atoms in total. The fraction of sp³-hybridized carbons (Fsp3) is 0.588. The molecule has 130 valence electrons. The summed E-state index contributed by atoms with van der Waals surface area (Å²) in [7, 11) is 0. The number of rotatable bonds is 8. The Kier molecular flexibility index (Phi) is 7.06. The van der Waals surface area contributed by atoms with Crippen LogP contribution in [0.15, 0.2) is 24.3 Å². The van der Waals surface area contributed by atoms with Crippen LogP contribution >= 0.6 is 0 Å². The standard InChI is InChI=1S/C17H23F3O3/c1-4-5-14(23-17(18,19)20)10-15(11(2)3)12-6-8-13(9-7-12)16(21)22/h6-9,11,14-15H,4-5,10H2,1-3H3,(H,21,22)/t14?,15-/m1/s1. The number of ether oxygens (including phenoxy) is 1. The number of carbonyl (C=O) groups is 1. The number of hydrogen-bond acceptors (Lipinski definition) is 2. The van der Waals surface area contributed by atoms with Crippen LogP contribution in [0.1, 0.15) is 61.9 Å². The van der Waals surface area contributed by atoms with Crippen LogP contribution < -0.4 is 0 Å². The summed E-state index contributed by atoms with van der Waals surface area (Å²) in [4.78, 5) is 10.9. The summed E-state index contributed by atoms with van der Waals surface area (Å²) in [5.41, 5.74) is 0.991. The second-order valence-electron chi connectivity index (χ2n) is 5.99. The fourth-order valence-electron chi connectivity index (χ4n) is 2.69. The van der Waals surface area contributed by atoms with E-state index in [0.29, 0.717) is 12.8 Å². The number of carboxylic acid groups (broad SMARTS) is 1. The van der Waals surface area contributed by atoms with Crippen molar-refractivity contribution in [2.24, 2.45) is 5.92 Å². The summed E-state index contributed by atoms with van der Waals surface area (Å²) in [6.45, 7) is 5.69. The molecule has 1 aromatic carbocycles. The number of hydrogen-bond donors (Lipinski definition) is 1. The topological polar surface area (TPSA) is 46.5 Å². The van der Waals surface area contributed by atoms with Gasteiger partial charge in [-0.05, 0) is 42.4 Å². The molecule has 0 heterocycles. The molecule has 0 saturated carbocycles. The molecule has 0 aliphatic carbocycles. The Hall–Kier alpha value is -1.56. The predicted octanol–water partition coefficient (Wildman–Crippen LogP) is 5.22. The van der Waals surface area contributed by atoms with Gasteiger partial charge in [0.25, 0.3) is 0 Å². The van der Waals surface area contributed by atoms with Gasteiger partial charge in [0.2, 0.25) is 0 Å². The minimum absolute atomic E-state index is 0.113. The van der Waals surface area contributed by atoms with Crippen molar-refractivity contribution in [2.45, 2.75) is 58.4 Å². The second kappa shape index (κ2) is 8.34. The molecule has 0 bridgehead atoms. The molecule has 6 heteroatoms. The molecule has 0 saturated heterocycles. The summed E-state index contributed by atoms with van der Waals surface area (Å²) in [5.74, 6) is -1.04. The maximum atomic E-state index is 12.5. The fourth-order valence-corrected chi connectivity index (χ4v) is 2.69. The average molecular weight is 332 g/mol. The highest BCUT2D eigenvalue weighted by molar-refractivity contribution is 5.87. The first kappa shape index (κ1) is 19.5. The van der Waals surface area contributed by atoms with Crippen molar-refractivity contribution < 1.29 is 27.8 Å². The first-order valence-corrected chi connectivity index (χ1v) is 7.71. The van der Waals surface area contributed by atoms with Gasteiger partial charge in [-0.25, -0.2) is 4.79 Å². The van der Waals surface area contributed by atoms with Gasteiger partial charge in [0.15, 0.2) is 0 Å². The number of benzene rings is 1. The molecule has 0 aliphatic rings. The minimum Gasteiger partial charge on any atom is -0.478 e. The van der Waals surface area contributed by atoms with Crippen molar-refractivity contribution in [3.05, 3.63) is 35.4 Å². The highest BCUT2D eigenvalue weighted by atomic mass is 19.4. The smallest absolute Gasteiger partial charge is 0.478 e. The molecular weight excluding hydrogens is 309 g/mol. The van der Waals surface area contributed by atoms with Gasteiger partial charge >= 0.3 is 12.3 Å². The highest BCUT2D eigenvalue weighted by Gasteiger charge is 2.34. The number of alkyl halides is 3. The van der Waals surface area contributed by atoms with Crippen LogP contribution in [0.5, 0.6) is 0 Å². The minimum atomic E-state index is -4.64. The summed E-state index contributed by atoms with van der Waals surface area (Å²) < 4.78 is 41.9. The van der Waals surface area contributed by atoms with Crippen LogP contribution in [0, 0.1) is 5.92 Å². The molecule has 0 aromatic heterocycles. The van der Waals surface area contributed by atoms with Gasteiger partial charge in [0.05, 0.1) is 11.7 Å². The molecule has 1 N–H and O–H groups in total. The van der Waals surface area contributed by atoms with Crippen LogP contribution in [-0.4, -0.2) is 23.5 Å². The lowest BCUT2D eigenvalue weighted by molar-refractivity contribution is -0.344. The Labute approximate surface area is 134 Å².